The normalized spacial score (nSPS) is 16.5. The van der Waals surface area contributed by atoms with E-state index in [0.717, 1.165) is 42.7 Å². The van der Waals surface area contributed by atoms with Gasteiger partial charge in [-0.25, -0.2) is 4.79 Å². The number of likely N-dealkylation sites (N-methyl/N-ethyl adjacent to an activating group) is 1. The Balaban J connectivity index is 1.43. The quantitative estimate of drug-likeness (QED) is 0.648. The van der Waals surface area contributed by atoms with E-state index in [2.05, 4.69) is 24.1 Å². The Kier molecular flexibility index (Phi) is 5.43. The third-order valence-electron chi connectivity index (χ3n) is 5.98. The minimum Gasteiger partial charge on any atom is -0.373 e. The van der Waals surface area contributed by atoms with Crippen molar-refractivity contribution in [3.05, 3.63) is 65.1 Å². The van der Waals surface area contributed by atoms with Crippen LogP contribution in [0.2, 0.25) is 0 Å². The van der Waals surface area contributed by atoms with Crippen molar-refractivity contribution < 1.29 is 4.79 Å². The van der Waals surface area contributed by atoms with Crippen molar-refractivity contribution in [2.45, 2.75) is 31.8 Å². The minimum atomic E-state index is -0.0687. The number of hydrogen-bond acceptors (Lipinski definition) is 3. The summed E-state index contributed by atoms with van der Waals surface area (Å²) in [6.45, 7) is 2.04. The maximum absolute atomic E-state index is 13.0. The molecule has 2 heterocycles. The Bertz CT molecular complexity index is 1050. The molecule has 1 aromatic heterocycles. The number of imidazole rings is 1. The van der Waals surface area contributed by atoms with Gasteiger partial charge in [-0.2, -0.15) is 0 Å². The summed E-state index contributed by atoms with van der Waals surface area (Å²) in [5.74, 6) is 0.133. The molecule has 1 fully saturated rings. The Labute approximate surface area is 171 Å². The van der Waals surface area contributed by atoms with Gasteiger partial charge in [0.05, 0.1) is 11.0 Å². The predicted octanol–water partition coefficient (Wildman–Crippen LogP) is 2.86. The van der Waals surface area contributed by atoms with Gasteiger partial charge >= 0.3 is 5.69 Å². The first-order valence-electron chi connectivity index (χ1n) is 10.3. The average Bonchev–Trinajstić information content (AvgIpc) is 3.30. The number of para-hydroxylation sites is 3. The van der Waals surface area contributed by atoms with Crippen molar-refractivity contribution in [1.82, 2.24) is 14.0 Å². The molecule has 6 nitrogen and oxygen atoms in total. The lowest BCUT2D eigenvalue weighted by atomic mass is 10.2. The summed E-state index contributed by atoms with van der Waals surface area (Å²) in [5, 5.41) is 0. The molecule has 0 saturated carbocycles. The number of aromatic nitrogens is 2. The second-order valence-electron chi connectivity index (χ2n) is 7.83. The zero-order chi connectivity index (χ0) is 20.4. The molecule has 1 saturated heterocycles. The SMILES string of the molecule is CN(CC1CCCN1C(=O)CCn1c(=O)n(C)c2ccccc21)c1ccccc1. The Hall–Kier alpha value is -3.02. The average molecular weight is 393 g/mol. The lowest BCUT2D eigenvalue weighted by Gasteiger charge is -2.30. The van der Waals surface area contributed by atoms with Crippen LogP contribution in [0.4, 0.5) is 5.69 Å². The number of carbonyl (C=O) groups is 1. The van der Waals surface area contributed by atoms with E-state index in [0.29, 0.717) is 13.0 Å². The Morgan fingerprint density at radius 3 is 2.52 bits per heavy atom. The molecule has 6 heteroatoms. The van der Waals surface area contributed by atoms with Gasteiger partial charge in [-0.15, -0.1) is 0 Å². The van der Waals surface area contributed by atoms with Gasteiger partial charge in [0.25, 0.3) is 0 Å². The highest BCUT2D eigenvalue weighted by Gasteiger charge is 2.29. The summed E-state index contributed by atoms with van der Waals surface area (Å²) in [4.78, 5) is 29.8. The standard InChI is InChI=1S/C23H28N4O2/c1-24(18-9-4-3-5-10-18)17-19-11-8-15-26(19)22(28)14-16-27-21-13-7-6-12-20(21)25(2)23(27)29/h3-7,9-10,12-13,19H,8,11,14-17H2,1-2H3. The number of benzene rings is 2. The van der Waals surface area contributed by atoms with Gasteiger partial charge in [0.1, 0.15) is 0 Å². The molecule has 2 aromatic carbocycles. The summed E-state index contributed by atoms with van der Waals surface area (Å²) in [7, 11) is 3.85. The van der Waals surface area contributed by atoms with Crippen LogP contribution in [0, 0.1) is 0 Å². The van der Waals surface area contributed by atoms with Crippen molar-refractivity contribution in [3.8, 4) is 0 Å². The molecule has 4 rings (SSSR count). The number of aryl methyl sites for hydroxylation is 2. The molecule has 0 radical (unpaired) electrons. The van der Waals surface area contributed by atoms with Crippen LogP contribution in [0.25, 0.3) is 11.0 Å². The van der Waals surface area contributed by atoms with E-state index >= 15 is 0 Å². The summed E-state index contributed by atoms with van der Waals surface area (Å²) in [5.41, 5.74) is 2.87. The van der Waals surface area contributed by atoms with E-state index in [4.69, 9.17) is 0 Å². The topological polar surface area (TPSA) is 50.5 Å². The van der Waals surface area contributed by atoms with Gasteiger partial charge in [-0.3, -0.25) is 13.9 Å². The molecule has 1 aliphatic heterocycles. The molecular weight excluding hydrogens is 364 g/mol. The lowest BCUT2D eigenvalue weighted by Crippen LogP contribution is -2.42. The number of carbonyl (C=O) groups excluding carboxylic acids is 1. The third-order valence-corrected chi connectivity index (χ3v) is 5.98. The molecule has 0 bridgehead atoms. The van der Waals surface area contributed by atoms with E-state index in [1.165, 1.54) is 0 Å². The zero-order valence-corrected chi connectivity index (χ0v) is 17.1. The highest BCUT2D eigenvalue weighted by molar-refractivity contribution is 5.78. The molecule has 0 N–H and O–H groups in total. The summed E-state index contributed by atoms with van der Waals surface area (Å²) < 4.78 is 3.36. The highest BCUT2D eigenvalue weighted by atomic mass is 16.2. The maximum atomic E-state index is 13.0. The molecule has 29 heavy (non-hydrogen) atoms. The van der Waals surface area contributed by atoms with E-state index in [-0.39, 0.29) is 17.6 Å². The highest BCUT2D eigenvalue weighted by Crippen LogP contribution is 2.22. The van der Waals surface area contributed by atoms with Gasteiger partial charge in [0.15, 0.2) is 0 Å². The van der Waals surface area contributed by atoms with E-state index in [1.807, 2.05) is 47.4 Å². The van der Waals surface area contributed by atoms with Gasteiger partial charge < -0.3 is 9.80 Å². The molecule has 1 aliphatic rings. The van der Waals surface area contributed by atoms with E-state index < -0.39 is 0 Å². The van der Waals surface area contributed by atoms with Crippen LogP contribution in [0.5, 0.6) is 0 Å². The van der Waals surface area contributed by atoms with Gasteiger partial charge in [-0.1, -0.05) is 30.3 Å². The summed E-state index contributed by atoms with van der Waals surface area (Å²) in [6, 6.07) is 18.2. The number of nitrogens with zero attached hydrogens (tertiary/aromatic N) is 4. The molecule has 3 aromatic rings. The number of hydrogen-bond donors (Lipinski definition) is 0. The van der Waals surface area contributed by atoms with Crippen LogP contribution < -0.4 is 10.6 Å². The Morgan fingerprint density at radius 1 is 1.07 bits per heavy atom. The number of anilines is 1. The minimum absolute atomic E-state index is 0.0687. The molecule has 1 atom stereocenters. The third kappa shape index (κ3) is 3.79. The molecular formula is C23H28N4O2. The van der Waals surface area contributed by atoms with Gasteiger partial charge in [0.2, 0.25) is 5.91 Å². The van der Waals surface area contributed by atoms with Crippen molar-refractivity contribution in [3.63, 3.8) is 0 Å². The zero-order valence-electron chi connectivity index (χ0n) is 17.1. The number of rotatable bonds is 6. The molecule has 0 spiro atoms. The summed E-state index contributed by atoms with van der Waals surface area (Å²) >= 11 is 0. The largest absolute Gasteiger partial charge is 0.373 e. The van der Waals surface area contributed by atoms with Crippen molar-refractivity contribution in [1.29, 1.82) is 0 Å². The van der Waals surface area contributed by atoms with Crippen LogP contribution >= 0.6 is 0 Å². The molecule has 0 aliphatic carbocycles. The van der Waals surface area contributed by atoms with Crippen LogP contribution in [-0.2, 0) is 18.4 Å². The number of fused-ring (bicyclic) bond motifs is 1. The van der Waals surface area contributed by atoms with E-state index in [9.17, 15) is 9.59 Å². The fraction of sp³-hybridized carbons (Fsp3) is 0.391. The van der Waals surface area contributed by atoms with Crippen LogP contribution in [-0.4, -0.2) is 46.1 Å². The van der Waals surface area contributed by atoms with Crippen LogP contribution in [0.3, 0.4) is 0 Å². The van der Waals surface area contributed by atoms with Crippen molar-refractivity contribution in [2.75, 3.05) is 25.0 Å². The van der Waals surface area contributed by atoms with Crippen LogP contribution in [0.1, 0.15) is 19.3 Å². The van der Waals surface area contributed by atoms with Gasteiger partial charge in [-0.05, 0) is 37.1 Å². The fourth-order valence-electron chi connectivity index (χ4n) is 4.39. The molecule has 1 unspecified atom stereocenters. The second-order valence-corrected chi connectivity index (χ2v) is 7.83. The first kappa shape index (κ1) is 19.3. The van der Waals surface area contributed by atoms with Crippen molar-refractivity contribution in [2.24, 2.45) is 7.05 Å². The Morgan fingerprint density at radius 2 is 1.76 bits per heavy atom. The summed E-state index contributed by atoms with van der Waals surface area (Å²) in [6.07, 6.45) is 2.41. The monoisotopic (exact) mass is 392 g/mol. The lowest BCUT2D eigenvalue weighted by molar-refractivity contribution is -0.132. The first-order chi connectivity index (χ1) is 14.1. The van der Waals surface area contributed by atoms with Gasteiger partial charge in [0, 0.05) is 51.9 Å². The maximum Gasteiger partial charge on any atom is 0.328 e. The number of amides is 1. The van der Waals surface area contributed by atoms with Crippen molar-refractivity contribution >= 4 is 22.6 Å². The van der Waals surface area contributed by atoms with E-state index in [1.54, 1.807) is 16.2 Å². The molecule has 1 amide bonds. The number of likely N-dealkylation sites (tertiary alicyclic amines) is 1. The smallest absolute Gasteiger partial charge is 0.328 e. The van der Waals surface area contributed by atoms with Crippen LogP contribution in [0.15, 0.2) is 59.4 Å². The predicted molar refractivity (Wildman–Crippen MR) is 116 cm³/mol. The first-order valence-corrected chi connectivity index (χ1v) is 10.3. The molecule has 152 valence electrons. The second kappa shape index (κ2) is 8.15. The fourth-order valence-corrected chi connectivity index (χ4v) is 4.39.